The van der Waals surface area contributed by atoms with Gasteiger partial charge in [-0.2, -0.15) is 0 Å². The van der Waals surface area contributed by atoms with E-state index in [0.717, 1.165) is 0 Å². The minimum atomic E-state index is -1.22. The normalized spacial score (nSPS) is 20.6. The summed E-state index contributed by atoms with van der Waals surface area (Å²) in [6.45, 7) is 4.04. The zero-order valence-electron chi connectivity index (χ0n) is 17.4. The van der Waals surface area contributed by atoms with E-state index in [9.17, 15) is 24.3 Å². The molecule has 0 radical (unpaired) electrons. The van der Waals surface area contributed by atoms with E-state index in [0.29, 0.717) is 23.0 Å². The predicted octanol–water partition coefficient (Wildman–Crippen LogP) is -0.728. The van der Waals surface area contributed by atoms with Crippen LogP contribution in [-0.2, 0) is 25.7 Å². The van der Waals surface area contributed by atoms with Crippen LogP contribution in [-0.4, -0.2) is 88.0 Å². The molecule has 3 atom stereocenters. The van der Waals surface area contributed by atoms with Gasteiger partial charge >= 0.3 is 11.9 Å². The number of nitrogens with one attached hydrogen (secondary N) is 1. The number of carbonyl (C=O) groups excluding carboxylic acids is 2. The number of carbonyl (C=O) groups is 4. The first kappa shape index (κ1) is 24.7. The molecule has 1 saturated heterocycles. The molecule has 0 spiro atoms. The van der Waals surface area contributed by atoms with Crippen LogP contribution < -0.4 is 11.1 Å². The van der Waals surface area contributed by atoms with Crippen molar-refractivity contribution in [3.05, 3.63) is 23.9 Å². The highest BCUT2D eigenvalue weighted by Crippen LogP contribution is 2.41. The van der Waals surface area contributed by atoms with Crippen molar-refractivity contribution >= 4 is 47.3 Å². The van der Waals surface area contributed by atoms with Gasteiger partial charge in [-0.15, -0.1) is 23.4 Å². The SMILES string of the molecule is C=CCn1nnnc1SCC1=C(C(=O)O)N2C(=O)C(NC(=O)CCCC(N)C(=O)O)[C@H]2SC1. The van der Waals surface area contributed by atoms with Crippen molar-refractivity contribution in [2.75, 3.05) is 11.5 Å². The molecule has 33 heavy (non-hydrogen) atoms. The first-order valence-electron chi connectivity index (χ1n) is 9.92. The third kappa shape index (κ3) is 5.54. The van der Waals surface area contributed by atoms with E-state index < -0.39 is 41.2 Å². The Balaban J connectivity index is 1.61. The van der Waals surface area contributed by atoms with Gasteiger partial charge in [-0.05, 0) is 28.8 Å². The molecule has 0 aliphatic carbocycles. The maximum absolute atomic E-state index is 12.7. The summed E-state index contributed by atoms with van der Waals surface area (Å²) < 4.78 is 1.53. The molecule has 178 valence electrons. The first-order chi connectivity index (χ1) is 15.7. The maximum Gasteiger partial charge on any atom is 0.352 e. The summed E-state index contributed by atoms with van der Waals surface area (Å²) in [6.07, 6.45) is 2.05. The fourth-order valence-corrected chi connectivity index (χ4v) is 5.71. The number of nitrogens with two attached hydrogens (primary N) is 1. The summed E-state index contributed by atoms with van der Waals surface area (Å²) in [4.78, 5) is 48.7. The van der Waals surface area contributed by atoms with Gasteiger partial charge in [0.05, 0.1) is 6.54 Å². The van der Waals surface area contributed by atoms with Crippen molar-refractivity contribution in [1.82, 2.24) is 30.4 Å². The summed E-state index contributed by atoms with van der Waals surface area (Å²) in [6, 6.07) is -1.88. The van der Waals surface area contributed by atoms with Gasteiger partial charge in [0.1, 0.15) is 23.2 Å². The number of carboxylic acid groups (broad SMARTS) is 2. The quantitative estimate of drug-likeness (QED) is 0.161. The lowest BCUT2D eigenvalue weighted by Gasteiger charge is -2.49. The molecule has 1 aromatic rings. The second kappa shape index (κ2) is 10.8. The molecule has 0 saturated carbocycles. The Morgan fingerprint density at radius 3 is 2.82 bits per heavy atom. The van der Waals surface area contributed by atoms with Gasteiger partial charge in [0.25, 0.3) is 5.91 Å². The highest BCUT2D eigenvalue weighted by Gasteiger charge is 2.54. The number of hydrogen-bond donors (Lipinski definition) is 4. The molecule has 5 N–H and O–H groups in total. The molecule has 0 bridgehead atoms. The third-order valence-corrected chi connectivity index (χ3v) is 7.36. The van der Waals surface area contributed by atoms with Crippen LogP contribution in [0.15, 0.2) is 29.1 Å². The topological polar surface area (TPSA) is 194 Å². The Hall–Kier alpha value is -2.91. The Bertz CT molecular complexity index is 997. The average Bonchev–Trinajstić information content (AvgIpc) is 3.22. The Kier molecular flexibility index (Phi) is 8.10. The second-order valence-corrected chi connectivity index (χ2v) is 9.32. The third-order valence-electron chi connectivity index (χ3n) is 4.98. The maximum atomic E-state index is 12.7. The number of rotatable bonds is 12. The molecule has 2 aliphatic heterocycles. The molecule has 2 unspecified atom stereocenters. The van der Waals surface area contributed by atoms with Gasteiger partial charge in [-0.1, -0.05) is 17.8 Å². The molecular weight excluding hydrogens is 474 g/mol. The van der Waals surface area contributed by atoms with E-state index in [-0.39, 0.29) is 30.7 Å². The van der Waals surface area contributed by atoms with Crippen LogP contribution in [0.25, 0.3) is 0 Å². The van der Waals surface area contributed by atoms with Crippen molar-refractivity contribution in [2.45, 2.75) is 48.4 Å². The van der Waals surface area contributed by atoms with Gasteiger partial charge in [0.15, 0.2) is 0 Å². The van der Waals surface area contributed by atoms with E-state index >= 15 is 0 Å². The zero-order valence-corrected chi connectivity index (χ0v) is 19.0. The molecule has 2 aliphatic rings. The first-order valence-corrected chi connectivity index (χ1v) is 12.0. The minimum absolute atomic E-state index is 0.0189. The number of β-lactam (4-membered cyclic amide) rings is 1. The Morgan fingerprint density at radius 2 is 2.15 bits per heavy atom. The summed E-state index contributed by atoms with van der Waals surface area (Å²) in [5.41, 5.74) is 5.88. The summed E-state index contributed by atoms with van der Waals surface area (Å²) in [5, 5.41) is 32.5. The van der Waals surface area contributed by atoms with Crippen LogP contribution in [0.3, 0.4) is 0 Å². The van der Waals surface area contributed by atoms with Crippen LogP contribution in [0.4, 0.5) is 0 Å². The number of nitrogens with zero attached hydrogens (tertiary/aromatic N) is 5. The zero-order chi connectivity index (χ0) is 24.1. The number of allylic oxidation sites excluding steroid dienone is 1. The Morgan fingerprint density at radius 1 is 1.39 bits per heavy atom. The monoisotopic (exact) mass is 497 g/mol. The van der Waals surface area contributed by atoms with Gasteiger partial charge in [0.2, 0.25) is 11.1 Å². The standard InChI is InChI=1S/C18H23N7O6S2/c1-2-6-24-18(21-22-23-24)33-8-9-7-32-15-12(14(27)25(15)13(9)17(30)31)20-11(26)5-3-4-10(19)16(28)29/h2,10,12,15H,1,3-8,19H2,(H,20,26)(H,28,29)(H,30,31)/t10?,12?,15-/m1/s1. The number of hydrogen-bond acceptors (Lipinski definition) is 10. The van der Waals surface area contributed by atoms with E-state index in [2.05, 4.69) is 27.4 Å². The van der Waals surface area contributed by atoms with Crippen molar-refractivity contribution in [1.29, 1.82) is 0 Å². The minimum Gasteiger partial charge on any atom is -0.480 e. The highest BCUT2D eigenvalue weighted by atomic mass is 32.2. The lowest BCUT2D eigenvalue weighted by Crippen LogP contribution is -2.70. The van der Waals surface area contributed by atoms with E-state index in [1.54, 1.807) is 6.08 Å². The fourth-order valence-electron chi connectivity index (χ4n) is 3.33. The van der Waals surface area contributed by atoms with Crippen molar-refractivity contribution in [2.24, 2.45) is 5.73 Å². The summed E-state index contributed by atoms with van der Waals surface area (Å²) in [7, 11) is 0. The van der Waals surface area contributed by atoms with Crippen LogP contribution in [0.1, 0.15) is 19.3 Å². The van der Waals surface area contributed by atoms with Crippen molar-refractivity contribution in [3.63, 3.8) is 0 Å². The molecule has 15 heteroatoms. The molecule has 3 heterocycles. The van der Waals surface area contributed by atoms with Crippen LogP contribution in [0.2, 0.25) is 0 Å². The predicted molar refractivity (Wildman–Crippen MR) is 118 cm³/mol. The molecule has 1 fully saturated rings. The Labute approximate surface area is 196 Å². The van der Waals surface area contributed by atoms with Gasteiger partial charge in [-0.3, -0.25) is 19.3 Å². The number of aliphatic carboxylic acids is 2. The van der Waals surface area contributed by atoms with E-state index in [4.69, 9.17) is 10.8 Å². The number of aromatic nitrogens is 4. The summed E-state index contributed by atoms with van der Waals surface area (Å²) in [5.74, 6) is -2.63. The fraction of sp³-hybridized carbons (Fsp3) is 0.500. The number of thioether (sulfide) groups is 2. The van der Waals surface area contributed by atoms with Crippen LogP contribution in [0, 0.1) is 0 Å². The van der Waals surface area contributed by atoms with E-state index in [1.165, 1.54) is 33.1 Å². The number of carboxylic acids is 2. The van der Waals surface area contributed by atoms with Crippen LogP contribution in [0.5, 0.6) is 0 Å². The van der Waals surface area contributed by atoms with E-state index in [1.807, 2.05) is 0 Å². The molecule has 13 nitrogen and oxygen atoms in total. The molecule has 2 amide bonds. The van der Waals surface area contributed by atoms with Crippen molar-refractivity contribution in [3.8, 4) is 0 Å². The molecule has 0 aromatic carbocycles. The smallest absolute Gasteiger partial charge is 0.352 e. The number of tetrazole rings is 1. The van der Waals surface area contributed by atoms with Gasteiger partial charge in [-0.25, -0.2) is 9.48 Å². The van der Waals surface area contributed by atoms with Gasteiger partial charge < -0.3 is 21.3 Å². The lowest BCUT2D eigenvalue weighted by atomic mass is 10.0. The molecule has 3 rings (SSSR count). The molecular formula is C18H23N7O6S2. The number of fused-ring (bicyclic) bond motifs is 1. The van der Waals surface area contributed by atoms with Crippen LogP contribution >= 0.6 is 23.5 Å². The summed E-state index contributed by atoms with van der Waals surface area (Å²) >= 11 is 2.62. The second-order valence-electron chi connectivity index (χ2n) is 7.27. The van der Waals surface area contributed by atoms with Gasteiger partial charge in [0, 0.05) is 17.9 Å². The largest absolute Gasteiger partial charge is 0.480 e. The highest BCUT2D eigenvalue weighted by molar-refractivity contribution is 8.01. The average molecular weight is 498 g/mol. The number of amides is 2. The molecule has 1 aromatic heterocycles. The van der Waals surface area contributed by atoms with Crippen molar-refractivity contribution < 1.29 is 29.4 Å². The lowest BCUT2D eigenvalue weighted by molar-refractivity contribution is -0.150.